The van der Waals surface area contributed by atoms with Crippen molar-refractivity contribution in [3.8, 4) is 39.6 Å². The molecule has 0 radical (unpaired) electrons. The van der Waals surface area contributed by atoms with E-state index in [4.69, 9.17) is 32.2 Å². The van der Waals surface area contributed by atoms with Crippen LogP contribution >= 0.6 is 34.7 Å². The van der Waals surface area contributed by atoms with E-state index in [1.807, 2.05) is 17.5 Å². The lowest BCUT2D eigenvalue weighted by Crippen LogP contribution is -2.23. The van der Waals surface area contributed by atoms with Gasteiger partial charge in [0.2, 0.25) is 5.91 Å². The number of amides is 1. The SMILES string of the molecule is N#Cc1c(NC(=O)CCN)nc(SCc2csc(-c3ccc(Cl)cc3)n2)c(C#N)c1-c1ccc(OCCNCCC(=O)O)cc1. The van der Waals surface area contributed by atoms with Crippen molar-refractivity contribution in [2.24, 2.45) is 5.73 Å². The normalized spacial score (nSPS) is 10.6. The largest absolute Gasteiger partial charge is 0.492 e. The number of nitriles is 2. The highest BCUT2D eigenvalue weighted by Crippen LogP contribution is 2.38. The Morgan fingerprint density at radius 3 is 2.38 bits per heavy atom. The Hall–Kier alpha value is -4.50. The molecule has 0 aliphatic carbocycles. The molecule has 5 N–H and O–H groups in total. The smallest absolute Gasteiger partial charge is 0.304 e. The summed E-state index contributed by atoms with van der Waals surface area (Å²) in [5, 5.41) is 38.6. The topological polar surface area (TPSA) is 187 Å². The number of nitrogens with two attached hydrogens (primary N) is 1. The second-order valence-corrected chi connectivity index (χ2v) is 11.7. The van der Waals surface area contributed by atoms with Gasteiger partial charge in [-0.25, -0.2) is 9.97 Å². The number of carbonyl (C=O) groups excluding carboxylic acids is 1. The van der Waals surface area contributed by atoms with Crippen LogP contribution < -0.4 is 21.1 Å². The van der Waals surface area contributed by atoms with E-state index in [-0.39, 0.29) is 36.3 Å². The van der Waals surface area contributed by atoms with Crippen LogP contribution in [0.3, 0.4) is 0 Å². The quantitative estimate of drug-likeness (QED) is 0.0957. The highest BCUT2D eigenvalue weighted by molar-refractivity contribution is 7.98. The van der Waals surface area contributed by atoms with Crippen LogP contribution in [0.25, 0.3) is 21.7 Å². The Morgan fingerprint density at radius 2 is 1.71 bits per heavy atom. The molecule has 0 bridgehead atoms. The lowest BCUT2D eigenvalue weighted by molar-refractivity contribution is -0.136. The number of hydrogen-bond donors (Lipinski definition) is 4. The first-order chi connectivity index (χ1) is 21.8. The Balaban J connectivity index is 1.61. The molecule has 4 aromatic rings. The average Bonchev–Trinajstić information content (AvgIpc) is 3.51. The number of rotatable bonds is 15. The van der Waals surface area contributed by atoms with Crippen LogP contribution in [0.4, 0.5) is 5.82 Å². The van der Waals surface area contributed by atoms with Gasteiger partial charge >= 0.3 is 5.97 Å². The van der Waals surface area contributed by atoms with E-state index in [0.717, 1.165) is 16.3 Å². The number of nitrogens with zero attached hydrogens (tertiary/aromatic N) is 4. The fourth-order valence-electron chi connectivity index (χ4n) is 4.11. The molecular formula is C31H28ClN7O4S2. The summed E-state index contributed by atoms with van der Waals surface area (Å²) in [6.45, 7) is 1.23. The van der Waals surface area contributed by atoms with Crippen LogP contribution in [-0.2, 0) is 15.3 Å². The third-order valence-corrected chi connectivity index (χ3v) is 8.42. The van der Waals surface area contributed by atoms with Crippen LogP contribution in [-0.4, -0.2) is 53.2 Å². The molecule has 11 nitrogen and oxygen atoms in total. The second kappa shape index (κ2) is 16.5. The molecule has 2 aromatic carbocycles. The highest BCUT2D eigenvalue weighted by Gasteiger charge is 2.23. The van der Waals surface area contributed by atoms with E-state index >= 15 is 0 Å². The monoisotopic (exact) mass is 661 g/mol. The van der Waals surface area contributed by atoms with Gasteiger partial charge in [0.1, 0.15) is 40.1 Å². The van der Waals surface area contributed by atoms with Gasteiger partial charge < -0.3 is 26.2 Å². The minimum Gasteiger partial charge on any atom is -0.492 e. The first-order valence-electron chi connectivity index (χ1n) is 13.7. The van der Waals surface area contributed by atoms with E-state index in [1.54, 1.807) is 36.4 Å². The van der Waals surface area contributed by atoms with E-state index in [2.05, 4.69) is 27.8 Å². The van der Waals surface area contributed by atoms with Crippen LogP contribution in [0.1, 0.15) is 29.7 Å². The van der Waals surface area contributed by atoms with Crippen molar-refractivity contribution in [3.05, 3.63) is 75.8 Å². The molecule has 230 valence electrons. The number of aromatic nitrogens is 2. The van der Waals surface area contributed by atoms with Crippen LogP contribution in [0, 0.1) is 22.7 Å². The average molecular weight is 662 g/mol. The van der Waals surface area contributed by atoms with Crippen molar-refractivity contribution < 1.29 is 19.4 Å². The minimum absolute atomic E-state index is 0.0201. The van der Waals surface area contributed by atoms with Crippen molar-refractivity contribution in [2.75, 3.05) is 31.6 Å². The number of ether oxygens (including phenoxy) is 1. The molecule has 0 saturated heterocycles. The Labute approximate surface area is 273 Å². The van der Waals surface area contributed by atoms with E-state index in [1.165, 1.54) is 23.1 Å². The summed E-state index contributed by atoms with van der Waals surface area (Å²) < 4.78 is 5.73. The second-order valence-electron chi connectivity index (χ2n) is 9.41. The number of pyridine rings is 1. The zero-order chi connectivity index (χ0) is 32.2. The van der Waals surface area contributed by atoms with Gasteiger partial charge in [0.25, 0.3) is 0 Å². The summed E-state index contributed by atoms with van der Waals surface area (Å²) in [5.74, 6) is -0.295. The van der Waals surface area contributed by atoms with Crippen molar-refractivity contribution in [1.82, 2.24) is 15.3 Å². The van der Waals surface area contributed by atoms with Crippen molar-refractivity contribution in [3.63, 3.8) is 0 Å². The summed E-state index contributed by atoms with van der Waals surface area (Å²) in [6.07, 6.45) is 0.0557. The highest BCUT2D eigenvalue weighted by atomic mass is 35.5. The van der Waals surface area contributed by atoms with Gasteiger partial charge in [-0.1, -0.05) is 47.6 Å². The lowest BCUT2D eigenvalue weighted by atomic mass is 9.96. The molecule has 2 aromatic heterocycles. The number of thiazole rings is 1. The van der Waals surface area contributed by atoms with Crippen LogP contribution in [0.2, 0.25) is 5.02 Å². The lowest BCUT2D eigenvalue weighted by Gasteiger charge is -2.16. The zero-order valence-corrected chi connectivity index (χ0v) is 26.3. The maximum atomic E-state index is 12.5. The summed E-state index contributed by atoms with van der Waals surface area (Å²) in [5.41, 5.74) is 8.41. The molecule has 4 rings (SSSR count). The fraction of sp³-hybridized carbons (Fsp3) is 0.226. The van der Waals surface area contributed by atoms with Gasteiger partial charge in [0.15, 0.2) is 5.82 Å². The molecule has 0 fully saturated rings. The molecule has 0 unspecified atom stereocenters. The third kappa shape index (κ3) is 9.25. The Morgan fingerprint density at radius 1 is 1.00 bits per heavy atom. The molecule has 0 spiro atoms. The first-order valence-corrected chi connectivity index (χ1v) is 15.9. The van der Waals surface area contributed by atoms with Crippen molar-refractivity contribution in [1.29, 1.82) is 10.5 Å². The molecule has 1 amide bonds. The summed E-state index contributed by atoms with van der Waals surface area (Å²) >= 11 is 8.77. The first kappa shape index (κ1) is 33.4. The third-order valence-electron chi connectivity index (χ3n) is 6.22. The number of carboxylic acids is 1. The molecule has 14 heteroatoms. The molecule has 0 atom stereocenters. The number of carboxylic acid groups (broad SMARTS) is 1. The van der Waals surface area contributed by atoms with Crippen molar-refractivity contribution in [2.45, 2.75) is 23.6 Å². The van der Waals surface area contributed by atoms with Crippen LogP contribution in [0.15, 0.2) is 58.9 Å². The number of nitrogens with one attached hydrogen (secondary N) is 2. The molecule has 45 heavy (non-hydrogen) atoms. The fourth-order valence-corrected chi connectivity index (χ4v) is 6.04. The summed E-state index contributed by atoms with van der Waals surface area (Å²) in [4.78, 5) is 32.4. The number of thioether (sulfide) groups is 1. The van der Waals surface area contributed by atoms with Crippen LogP contribution in [0.5, 0.6) is 5.75 Å². The van der Waals surface area contributed by atoms with Gasteiger partial charge in [0.05, 0.1) is 17.7 Å². The van der Waals surface area contributed by atoms with Gasteiger partial charge in [0, 0.05) is 53.3 Å². The van der Waals surface area contributed by atoms with Gasteiger partial charge in [-0.15, -0.1) is 11.3 Å². The standard InChI is InChI=1S/C31H28ClN7O4S2/c32-21-5-1-20(2-6-21)30-37-22(17-44-30)18-45-31-25(16-35)28(24(15-34)29(39-31)38-26(40)9-11-33)19-3-7-23(8-4-19)43-14-13-36-12-10-27(41)42/h1-8,17,36H,9-14,18,33H2,(H,41,42)(H,38,39,40). The number of benzene rings is 2. The summed E-state index contributed by atoms with van der Waals surface area (Å²) in [6, 6.07) is 18.6. The van der Waals surface area contributed by atoms with Crippen molar-refractivity contribution >= 4 is 52.4 Å². The number of anilines is 1. The number of carbonyl (C=O) groups is 2. The Bertz CT molecular complexity index is 1730. The number of halogens is 1. The maximum absolute atomic E-state index is 12.5. The number of hydrogen-bond acceptors (Lipinski definition) is 11. The number of aliphatic carboxylic acids is 1. The zero-order valence-electron chi connectivity index (χ0n) is 23.9. The van der Waals surface area contributed by atoms with E-state index < -0.39 is 11.9 Å². The molecular weight excluding hydrogens is 634 g/mol. The minimum atomic E-state index is -0.876. The van der Waals surface area contributed by atoms with E-state index in [9.17, 15) is 20.1 Å². The predicted octanol–water partition coefficient (Wildman–Crippen LogP) is 5.29. The Kier molecular flexibility index (Phi) is 12.3. The van der Waals surface area contributed by atoms with E-state index in [0.29, 0.717) is 52.4 Å². The molecule has 0 aliphatic heterocycles. The summed E-state index contributed by atoms with van der Waals surface area (Å²) in [7, 11) is 0. The van der Waals surface area contributed by atoms with Gasteiger partial charge in [-0.05, 0) is 29.8 Å². The predicted molar refractivity (Wildman–Crippen MR) is 174 cm³/mol. The maximum Gasteiger partial charge on any atom is 0.304 e. The molecule has 0 saturated carbocycles. The van der Waals surface area contributed by atoms with Gasteiger partial charge in [-0.2, -0.15) is 10.5 Å². The molecule has 2 heterocycles. The molecule has 0 aliphatic rings. The van der Waals surface area contributed by atoms with Gasteiger partial charge in [-0.3, -0.25) is 9.59 Å².